The summed E-state index contributed by atoms with van der Waals surface area (Å²) in [5.41, 5.74) is 1.63. The van der Waals surface area contributed by atoms with Crippen LogP contribution in [-0.4, -0.2) is 43.2 Å². The number of alkyl halides is 1. The van der Waals surface area contributed by atoms with Crippen molar-refractivity contribution in [3.8, 4) is 5.75 Å². The maximum absolute atomic E-state index is 14.9. The molecule has 0 bridgehead atoms. The summed E-state index contributed by atoms with van der Waals surface area (Å²) in [7, 11) is -4.17. The van der Waals surface area contributed by atoms with Crippen LogP contribution in [0, 0.1) is 18.8 Å². The molecule has 1 fully saturated rings. The van der Waals surface area contributed by atoms with Gasteiger partial charge in [0.1, 0.15) is 12.4 Å². The van der Waals surface area contributed by atoms with Crippen molar-refractivity contribution < 1.29 is 46.3 Å². The second-order valence-corrected chi connectivity index (χ2v) is 9.59. The number of carbonyl (C=O) groups is 2. The van der Waals surface area contributed by atoms with Gasteiger partial charge in [-0.2, -0.15) is 0 Å². The summed E-state index contributed by atoms with van der Waals surface area (Å²) in [6.45, 7) is 7.18. The summed E-state index contributed by atoms with van der Waals surface area (Å²) in [5.74, 6) is -1.77. The van der Waals surface area contributed by atoms with Gasteiger partial charge in [-0.15, -0.1) is 0 Å². The average Bonchev–Trinajstić information content (AvgIpc) is 2.71. The molecule has 3 unspecified atom stereocenters. The summed E-state index contributed by atoms with van der Waals surface area (Å²) < 4.78 is 60.5. The molecule has 1 saturated heterocycles. The number of esters is 2. The highest BCUT2D eigenvalue weighted by molar-refractivity contribution is 7.49. The van der Waals surface area contributed by atoms with Crippen LogP contribution in [-0.2, 0) is 44.0 Å². The molecule has 32 heavy (non-hydrogen) atoms. The Morgan fingerprint density at radius 3 is 2.59 bits per heavy atom. The molecule has 0 aromatic heterocycles. The van der Waals surface area contributed by atoms with E-state index in [9.17, 15) is 18.5 Å². The van der Waals surface area contributed by atoms with Crippen molar-refractivity contribution in [2.75, 3.05) is 6.61 Å². The Morgan fingerprint density at radius 2 is 1.94 bits per heavy atom. The molecule has 2 aliphatic heterocycles. The van der Waals surface area contributed by atoms with E-state index >= 15 is 0 Å². The van der Waals surface area contributed by atoms with Gasteiger partial charge in [0.05, 0.1) is 12.7 Å². The van der Waals surface area contributed by atoms with Gasteiger partial charge in [0.25, 0.3) is 0 Å². The lowest BCUT2D eigenvalue weighted by Gasteiger charge is -2.44. The lowest BCUT2D eigenvalue weighted by atomic mass is 9.82. The zero-order chi connectivity index (χ0) is 23.6. The maximum Gasteiger partial charge on any atom is 0.532 e. The summed E-state index contributed by atoms with van der Waals surface area (Å²) in [6, 6.07) is 5.24. The van der Waals surface area contributed by atoms with Crippen LogP contribution in [0.15, 0.2) is 18.2 Å². The Labute approximate surface area is 186 Å². The minimum atomic E-state index is -4.17. The van der Waals surface area contributed by atoms with Crippen LogP contribution in [0.3, 0.4) is 0 Å². The van der Waals surface area contributed by atoms with Crippen molar-refractivity contribution in [3.05, 3.63) is 29.3 Å². The first-order chi connectivity index (χ1) is 15.0. The highest BCUT2D eigenvalue weighted by Gasteiger charge is 2.51. The summed E-state index contributed by atoms with van der Waals surface area (Å²) in [5, 5.41) is 0. The third kappa shape index (κ3) is 5.49. The quantitative estimate of drug-likeness (QED) is 0.449. The van der Waals surface area contributed by atoms with Gasteiger partial charge in [0, 0.05) is 25.3 Å². The van der Waals surface area contributed by atoms with Crippen molar-refractivity contribution in [3.63, 3.8) is 0 Å². The number of hydrogen-bond donors (Lipinski definition) is 0. The van der Waals surface area contributed by atoms with Crippen molar-refractivity contribution in [1.82, 2.24) is 0 Å². The van der Waals surface area contributed by atoms with Crippen LogP contribution in [0.2, 0.25) is 0 Å². The Kier molecular flexibility index (Phi) is 7.60. The number of rotatable bonds is 6. The summed E-state index contributed by atoms with van der Waals surface area (Å²) in [6.07, 6.45) is -5.18. The molecule has 0 radical (unpaired) electrons. The van der Waals surface area contributed by atoms with Crippen molar-refractivity contribution in [1.29, 1.82) is 0 Å². The Hall–Kier alpha value is -2.00. The number of phosphoric ester groups is 1. The molecule has 11 heteroatoms. The molecule has 9 nitrogen and oxygen atoms in total. The smallest absolute Gasteiger partial charge is 0.463 e. The molecule has 2 aliphatic rings. The molecule has 1 aromatic carbocycles. The molecule has 7 atom stereocenters. The van der Waals surface area contributed by atoms with Crippen LogP contribution >= 0.6 is 7.82 Å². The first-order valence-corrected chi connectivity index (χ1v) is 11.8. The van der Waals surface area contributed by atoms with Gasteiger partial charge in [-0.3, -0.25) is 14.1 Å². The number of halogens is 1. The van der Waals surface area contributed by atoms with Crippen LogP contribution in [0.4, 0.5) is 4.39 Å². The predicted octanol–water partition coefficient (Wildman–Crippen LogP) is 3.86. The Bertz CT molecular complexity index is 907. The molecule has 3 rings (SSSR count). The number of phosphoric acid groups is 1. The van der Waals surface area contributed by atoms with Crippen LogP contribution in [0.1, 0.15) is 38.8 Å². The van der Waals surface area contributed by atoms with E-state index in [1.807, 2.05) is 13.0 Å². The van der Waals surface area contributed by atoms with E-state index in [1.54, 1.807) is 26.0 Å². The van der Waals surface area contributed by atoms with Gasteiger partial charge in [-0.05, 0) is 24.5 Å². The van der Waals surface area contributed by atoms with E-state index in [4.69, 9.17) is 27.8 Å². The minimum Gasteiger partial charge on any atom is -0.463 e. The van der Waals surface area contributed by atoms with E-state index in [0.717, 1.165) is 11.1 Å². The lowest BCUT2D eigenvalue weighted by Crippen LogP contribution is -2.55. The van der Waals surface area contributed by atoms with Crippen LogP contribution in [0.25, 0.3) is 0 Å². The third-order valence-corrected chi connectivity index (χ3v) is 7.04. The van der Waals surface area contributed by atoms with Crippen LogP contribution < -0.4 is 4.52 Å². The first kappa shape index (κ1) is 24.6. The highest BCUT2D eigenvalue weighted by atomic mass is 31.2. The van der Waals surface area contributed by atoms with Gasteiger partial charge in [0.2, 0.25) is 6.29 Å². The SMILES string of the molecule is CC(=O)OC[C@H](F)C1O[C@@H](OP2(=O)OCc3c(C)cccc3O2)C(OC(C)=O)[C@@H](C)[C@@H]1C. The number of ether oxygens (including phenoxy) is 3. The average molecular weight is 474 g/mol. The second-order valence-electron chi connectivity index (χ2n) is 8.05. The van der Waals surface area contributed by atoms with Crippen molar-refractivity contribution in [2.45, 2.75) is 65.9 Å². The monoisotopic (exact) mass is 474 g/mol. The molecule has 2 heterocycles. The summed E-state index contributed by atoms with van der Waals surface area (Å²) >= 11 is 0. The topological polar surface area (TPSA) is 107 Å². The van der Waals surface area contributed by atoms with E-state index in [2.05, 4.69) is 0 Å². The minimum absolute atomic E-state index is 0.0161. The second kappa shape index (κ2) is 9.87. The largest absolute Gasteiger partial charge is 0.532 e. The van der Waals surface area contributed by atoms with Crippen molar-refractivity contribution in [2.24, 2.45) is 11.8 Å². The number of aryl methyl sites for hydroxylation is 1. The number of fused-ring (bicyclic) bond motifs is 1. The van der Waals surface area contributed by atoms with E-state index < -0.39 is 62.9 Å². The Morgan fingerprint density at radius 1 is 1.22 bits per heavy atom. The van der Waals surface area contributed by atoms with Gasteiger partial charge in [-0.1, -0.05) is 26.0 Å². The van der Waals surface area contributed by atoms with E-state index in [0.29, 0.717) is 5.75 Å². The molecule has 0 N–H and O–H groups in total. The zero-order valence-electron chi connectivity index (χ0n) is 18.6. The molecule has 1 aromatic rings. The molecule has 0 aliphatic carbocycles. The van der Waals surface area contributed by atoms with Gasteiger partial charge >= 0.3 is 19.8 Å². The third-order valence-electron chi connectivity index (χ3n) is 5.71. The highest BCUT2D eigenvalue weighted by Crippen LogP contribution is 2.57. The predicted molar refractivity (Wildman–Crippen MR) is 109 cm³/mol. The molecule has 178 valence electrons. The number of hydrogen-bond acceptors (Lipinski definition) is 9. The first-order valence-electron chi connectivity index (χ1n) is 10.3. The summed E-state index contributed by atoms with van der Waals surface area (Å²) in [4.78, 5) is 22.7. The van der Waals surface area contributed by atoms with Crippen molar-refractivity contribution >= 4 is 19.8 Å². The Balaban J connectivity index is 1.82. The molecule has 0 amide bonds. The molecular formula is C21H28FO9P. The maximum atomic E-state index is 14.9. The molecule has 0 saturated carbocycles. The number of carbonyl (C=O) groups excluding carboxylic acids is 2. The van der Waals surface area contributed by atoms with Gasteiger partial charge in [-0.25, -0.2) is 13.5 Å². The molecular weight excluding hydrogens is 446 g/mol. The normalized spacial score (nSPS) is 32.9. The van der Waals surface area contributed by atoms with Crippen LogP contribution in [0.5, 0.6) is 5.75 Å². The van der Waals surface area contributed by atoms with E-state index in [-0.39, 0.29) is 6.61 Å². The standard InChI is InChI=1S/C21H28FO9P/c1-11-7-6-8-18-16(11)9-27-32(25,30-18)31-21-20(28-15(5)24)13(3)12(2)19(29-21)17(22)10-26-14(4)23/h6-8,12-13,17,19-21H,9-10H2,1-5H3/t12-,13-,17-,19?,20?,21-,32?/m0/s1. The van der Waals surface area contributed by atoms with E-state index in [1.165, 1.54) is 13.8 Å². The molecule has 0 spiro atoms. The lowest BCUT2D eigenvalue weighted by molar-refractivity contribution is -0.263. The fraction of sp³-hybridized carbons (Fsp3) is 0.619. The van der Waals surface area contributed by atoms with Gasteiger partial charge in [0.15, 0.2) is 12.3 Å². The van der Waals surface area contributed by atoms with Gasteiger partial charge < -0.3 is 18.7 Å². The fourth-order valence-corrected chi connectivity index (χ4v) is 5.04. The fourth-order valence-electron chi connectivity index (χ4n) is 3.76. The zero-order valence-corrected chi connectivity index (χ0v) is 19.5. The number of benzene rings is 1.